The molecule has 23 heavy (non-hydrogen) atoms. The summed E-state index contributed by atoms with van der Waals surface area (Å²) in [6.07, 6.45) is 4.85. The minimum atomic E-state index is -2.99. The van der Waals surface area contributed by atoms with E-state index >= 15 is 0 Å². The average Bonchev–Trinajstić information content (AvgIpc) is 3.09. The summed E-state index contributed by atoms with van der Waals surface area (Å²) in [5.74, 6) is -0.0117. The Hall–Kier alpha value is -1.36. The van der Waals surface area contributed by atoms with E-state index in [1.807, 2.05) is 4.90 Å². The third-order valence-electron chi connectivity index (χ3n) is 6.08. The highest BCUT2D eigenvalue weighted by molar-refractivity contribution is 7.91. The summed E-state index contributed by atoms with van der Waals surface area (Å²) in [5.41, 5.74) is 3.19. The number of benzene rings is 1. The fourth-order valence-corrected chi connectivity index (χ4v) is 6.42. The summed E-state index contributed by atoms with van der Waals surface area (Å²) in [5, 5.41) is 0. The summed E-state index contributed by atoms with van der Waals surface area (Å²) in [4.78, 5) is 14.5. The molecular formula is C18H23NO3S. The Balaban J connectivity index is 1.45. The highest BCUT2D eigenvalue weighted by atomic mass is 32.2. The normalized spacial score (nSPS) is 28.0. The van der Waals surface area contributed by atoms with E-state index < -0.39 is 9.84 Å². The molecule has 0 saturated carbocycles. The highest BCUT2D eigenvalue weighted by Crippen LogP contribution is 2.46. The number of rotatable bonds is 1. The SMILES string of the molecule is O=C(C1CCS(=O)(=O)C1)N1CCC2(CCc3ccccc32)CC1. The van der Waals surface area contributed by atoms with Crippen LogP contribution in [0, 0.1) is 5.92 Å². The maximum absolute atomic E-state index is 12.6. The lowest BCUT2D eigenvalue weighted by atomic mass is 9.73. The third kappa shape index (κ3) is 2.59. The number of nitrogens with zero attached hydrogens (tertiary/aromatic N) is 1. The van der Waals surface area contributed by atoms with Crippen molar-refractivity contribution in [1.29, 1.82) is 0 Å². The van der Waals surface area contributed by atoms with Crippen molar-refractivity contribution in [3.05, 3.63) is 35.4 Å². The van der Waals surface area contributed by atoms with Gasteiger partial charge >= 0.3 is 0 Å². The number of fused-ring (bicyclic) bond motifs is 2. The highest BCUT2D eigenvalue weighted by Gasteiger charge is 2.43. The first-order valence-electron chi connectivity index (χ1n) is 8.57. The summed E-state index contributed by atoms with van der Waals surface area (Å²) in [6.45, 7) is 1.54. The molecule has 4 nitrogen and oxygen atoms in total. The van der Waals surface area contributed by atoms with E-state index in [1.165, 1.54) is 17.5 Å². The lowest BCUT2D eigenvalue weighted by molar-refractivity contribution is -0.136. The van der Waals surface area contributed by atoms with E-state index in [-0.39, 0.29) is 28.7 Å². The molecular weight excluding hydrogens is 310 g/mol. The number of hydrogen-bond donors (Lipinski definition) is 0. The van der Waals surface area contributed by atoms with Gasteiger partial charge in [-0.3, -0.25) is 4.79 Å². The molecule has 1 aromatic rings. The van der Waals surface area contributed by atoms with E-state index in [1.54, 1.807) is 0 Å². The van der Waals surface area contributed by atoms with Gasteiger partial charge in [-0.1, -0.05) is 24.3 Å². The fraction of sp³-hybridized carbons (Fsp3) is 0.611. The van der Waals surface area contributed by atoms with E-state index in [2.05, 4.69) is 24.3 Å². The number of carbonyl (C=O) groups excluding carboxylic acids is 1. The van der Waals surface area contributed by atoms with Crippen LogP contribution in [0.15, 0.2) is 24.3 Å². The van der Waals surface area contributed by atoms with Gasteiger partial charge in [0.25, 0.3) is 0 Å². The third-order valence-corrected chi connectivity index (χ3v) is 7.84. The molecule has 1 aliphatic carbocycles. The summed E-state index contributed by atoms with van der Waals surface area (Å²) < 4.78 is 23.2. The topological polar surface area (TPSA) is 54.5 Å². The standard InChI is InChI=1S/C18H23NO3S/c20-17(15-6-12-23(21,22)13-15)19-10-8-18(9-11-19)7-5-14-3-1-2-4-16(14)18/h1-4,15H,5-13H2. The van der Waals surface area contributed by atoms with Gasteiger partial charge < -0.3 is 4.90 Å². The average molecular weight is 333 g/mol. The van der Waals surface area contributed by atoms with Crippen molar-refractivity contribution in [2.45, 2.75) is 37.5 Å². The predicted molar refractivity (Wildman–Crippen MR) is 89.0 cm³/mol. The van der Waals surface area contributed by atoms with Crippen molar-refractivity contribution < 1.29 is 13.2 Å². The van der Waals surface area contributed by atoms with Crippen LogP contribution in [0.25, 0.3) is 0 Å². The molecule has 0 bridgehead atoms. The van der Waals surface area contributed by atoms with Gasteiger partial charge in [-0.2, -0.15) is 0 Å². The van der Waals surface area contributed by atoms with Crippen molar-refractivity contribution in [2.75, 3.05) is 24.6 Å². The Labute approximate surface area is 137 Å². The number of likely N-dealkylation sites (tertiary alicyclic amines) is 1. The largest absolute Gasteiger partial charge is 0.342 e. The first kappa shape index (κ1) is 15.2. The van der Waals surface area contributed by atoms with Gasteiger partial charge in [0.2, 0.25) is 5.91 Å². The Morgan fingerprint density at radius 2 is 1.87 bits per heavy atom. The molecule has 1 atom stereocenters. The maximum atomic E-state index is 12.6. The van der Waals surface area contributed by atoms with Crippen LogP contribution in [0.2, 0.25) is 0 Å². The van der Waals surface area contributed by atoms with Crippen LogP contribution in [0.3, 0.4) is 0 Å². The molecule has 2 saturated heterocycles. The lowest BCUT2D eigenvalue weighted by Gasteiger charge is -2.41. The quantitative estimate of drug-likeness (QED) is 0.789. The molecule has 0 aromatic heterocycles. The van der Waals surface area contributed by atoms with Crippen molar-refractivity contribution in [3.8, 4) is 0 Å². The van der Waals surface area contributed by atoms with Crippen molar-refractivity contribution in [1.82, 2.24) is 4.90 Å². The van der Waals surface area contributed by atoms with Gasteiger partial charge in [0.1, 0.15) is 0 Å². The van der Waals surface area contributed by atoms with E-state index in [9.17, 15) is 13.2 Å². The Kier molecular flexibility index (Phi) is 3.52. The predicted octanol–water partition coefficient (Wildman–Crippen LogP) is 1.93. The van der Waals surface area contributed by atoms with Gasteiger partial charge in [-0.15, -0.1) is 0 Å². The van der Waals surface area contributed by atoms with Crippen LogP contribution >= 0.6 is 0 Å². The monoisotopic (exact) mass is 333 g/mol. The van der Waals surface area contributed by atoms with Crippen molar-refractivity contribution >= 4 is 15.7 Å². The molecule has 2 heterocycles. The number of sulfone groups is 1. The number of amides is 1. The van der Waals surface area contributed by atoms with E-state index in [0.29, 0.717) is 6.42 Å². The minimum absolute atomic E-state index is 0.0519. The van der Waals surface area contributed by atoms with Crippen molar-refractivity contribution in [3.63, 3.8) is 0 Å². The zero-order chi connectivity index (χ0) is 16.1. The zero-order valence-corrected chi connectivity index (χ0v) is 14.1. The van der Waals surface area contributed by atoms with E-state index in [0.717, 1.165) is 32.4 Å². The van der Waals surface area contributed by atoms with Gasteiger partial charge in [0.05, 0.1) is 17.4 Å². The number of carbonyl (C=O) groups is 1. The molecule has 1 spiro atoms. The number of hydrogen-bond acceptors (Lipinski definition) is 3. The second kappa shape index (κ2) is 5.33. The summed E-state index contributed by atoms with van der Waals surface area (Å²) in [6, 6.07) is 8.71. The van der Waals surface area contributed by atoms with Crippen molar-refractivity contribution in [2.24, 2.45) is 5.92 Å². The number of aryl methyl sites for hydroxylation is 1. The zero-order valence-electron chi connectivity index (χ0n) is 13.3. The molecule has 2 fully saturated rings. The van der Waals surface area contributed by atoms with Crippen LogP contribution in [0.5, 0.6) is 0 Å². The molecule has 1 amide bonds. The molecule has 0 N–H and O–H groups in total. The molecule has 5 heteroatoms. The lowest BCUT2D eigenvalue weighted by Crippen LogP contribution is -2.46. The van der Waals surface area contributed by atoms with E-state index in [4.69, 9.17) is 0 Å². The second-order valence-corrected chi connectivity index (χ2v) is 9.59. The van der Waals surface area contributed by atoms with Gasteiger partial charge in [0, 0.05) is 13.1 Å². The molecule has 1 aromatic carbocycles. The molecule has 0 radical (unpaired) electrons. The van der Waals surface area contributed by atoms with Crippen LogP contribution in [0.1, 0.15) is 36.8 Å². The molecule has 4 rings (SSSR count). The Morgan fingerprint density at radius 3 is 2.57 bits per heavy atom. The second-order valence-electron chi connectivity index (χ2n) is 7.36. The van der Waals surface area contributed by atoms with Gasteiger partial charge in [-0.25, -0.2) is 8.42 Å². The molecule has 2 aliphatic heterocycles. The van der Waals surface area contributed by atoms with Crippen LogP contribution in [-0.4, -0.2) is 43.8 Å². The first-order valence-corrected chi connectivity index (χ1v) is 10.4. The van der Waals surface area contributed by atoms with Crippen LogP contribution in [-0.2, 0) is 26.5 Å². The van der Waals surface area contributed by atoms with Crippen LogP contribution in [0.4, 0.5) is 0 Å². The smallest absolute Gasteiger partial charge is 0.226 e. The Morgan fingerprint density at radius 1 is 1.13 bits per heavy atom. The Bertz CT molecular complexity index is 732. The molecule has 124 valence electrons. The first-order chi connectivity index (χ1) is 11.0. The summed E-state index contributed by atoms with van der Waals surface area (Å²) in [7, 11) is -2.99. The fourth-order valence-electron chi connectivity index (χ4n) is 4.69. The van der Waals surface area contributed by atoms with Gasteiger partial charge in [-0.05, 0) is 48.6 Å². The van der Waals surface area contributed by atoms with Gasteiger partial charge in [0.15, 0.2) is 9.84 Å². The molecule has 3 aliphatic rings. The minimum Gasteiger partial charge on any atom is -0.342 e. The molecule has 1 unspecified atom stereocenters. The maximum Gasteiger partial charge on any atom is 0.226 e. The van der Waals surface area contributed by atoms with Crippen LogP contribution < -0.4 is 0 Å². The number of piperidine rings is 1. The summed E-state index contributed by atoms with van der Waals surface area (Å²) >= 11 is 0.